The second-order valence-corrected chi connectivity index (χ2v) is 6.62. The number of nitrogens with one attached hydrogen (secondary N) is 1. The van der Waals surface area contributed by atoms with Crippen LogP contribution in [0.15, 0.2) is 67.2 Å². The first-order valence-electron chi connectivity index (χ1n) is 9.74. The molecule has 0 amide bonds. The van der Waals surface area contributed by atoms with Gasteiger partial charge in [-0.3, -0.25) is 0 Å². The monoisotopic (exact) mass is 376 g/mol. The highest BCUT2D eigenvalue weighted by molar-refractivity contribution is 5.64. The summed E-state index contributed by atoms with van der Waals surface area (Å²) in [6, 6.07) is 8.54. The van der Waals surface area contributed by atoms with Crippen molar-refractivity contribution < 1.29 is 4.74 Å². The number of ether oxygens (including phenoxy) is 1. The fraction of sp³-hybridized carbons (Fsp3) is 0.304. The Bertz CT molecular complexity index is 925. The molecule has 146 valence electrons. The Kier molecular flexibility index (Phi) is 7.53. The van der Waals surface area contributed by atoms with Gasteiger partial charge in [0.2, 0.25) is 0 Å². The Morgan fingerprint density at radius 3 is 2.68 bits per heavy atom. The van der Waals surface area contributed by atoms with Crippen LogP contribution in [0, 0.1) is 0 Å². The molecule has 0 aliphatic carbocycles. The fourth-order valence-electron chi connectivity index (χ4n) is 2.93. The Labute approximate surface area is 166 Å². The summed E-state index contributed by atoms with van der Waals surface area (Å²) < 4.78 is 6.91. The maximum Gasteiger partial charge on any atom is 0.158 e. The minimum absolute atomic E-state index is 0.723. The van der Waals surface area contributed by atoms with Crippen LogP contribution in [0.3, 0.4) is 0 Å². The van der Waals surface area contributed by atoms with Crippen molar-refractivity contribution in [1.82, 2.24) is 19.9 Å². The van der Waals surface area contributed by atoms with E-state index in [2.05, 4.69) is 70.9 Å². The molecule has 0 unspecified atom stereocenters. The Morgan fingerprint density at radius 2 is 1.89 bits per heavy atom. The van der Waals surface area contributed by atoms with Gasteiger partial charge >= 0.3 is 0 Å². The van der Waals surface area contributed by atoms with E-state index in [4.69, 9.17) is 4.74 Å². The molecule has 3 rings (SSSR count). The lowest BCUT2D eigenvalue weighted by atomic mass is 10.1. The third-order valence-corrected chi connectivity index (χ3v) is 4.49. The number of rotatable bonds is 10. The lowest BCUT2D eigenvalue weighted by Crippen LogP contribution is -2.18. The minimum Gasteiger partial charge on any atom is -0.383 e. The van der Waals surface area contributed by atoms with Crippen molar-refractivity contribution in [1.29, 1.82) is 0 Å². The first-order valence-corrected chi connectivity index (χ1v) is 9.74. The lowest BCUT2D eigenvalue weighted by Gasteiger charge is -2.06. The standard InChI is InChI=1S/C23H28N4O/c1-3-4-5-6-7-8-21-17-26-27-18-22(16-25-23(21)27)20-11-9-19(10-12-20)15-24-13-14-28-2/h4-7,9-12,16-18,24H,3,8,13-15H2,1-2H3/b5-4-,7-6-. The van der Waals surface area contributed by atoms with Gasteiger partial charge in [-0.05, 0) is 24.0 Å². The van der Waals surface area contributed by atoms with Crippen LogP contribution in [0.4, 0.5) is 0 Å². The van der Waals surface area contributed by atoms with Gasteiger partial charge in [-0.25, -0.2) is 9.50 Å². The predicted molar refractivity (Wildman–Crippen MR) is 114 cm³/mol. The molecule has 0 spiro atoms. The molecule has 0 saturated carbocycles. The second kappa shape index (κ2) is 10.5. The molecule has 0 atom stereocenters. The predicted octanol–water partition coefficient (Wildman–Crippen LogP) is 4.20. The molecule has 5 nitrogen and oxygen atoms in total. The highest BCUT2D eigenvalue weighted by Gasteiger charge is 2.06. The van der Waals surface area contributed by atoms with E-state index in [0.717, 1.165) is 54.9 Å². The third kappa shape index (κ3) is 5.38. The maximum atomic E-state index is 5.05. The summed E-state index contributed by atoms with van der Waals surface area (Å²) in [5, 5.41) is 7.83. The molecule has 3 aromatic rings. The van der Waals surface area contributed by atoms with E-state index in [9.17, 15) is 0 Å². The average Bonchev–Trinajstić information content (AvgIpc) is 3.14. The van der Waals surface area contributed by atoms with Crippen molar-refractivity contribution >= 4 is 5.65 Å². The van der Waals surface area contributed by atoms with E-state index in [0.29, 0.717) is 0 Å². The summed E-state index contributed by atoms with van der Waals surface area (Å²) in [4.78, 5) is 4.65. The summed E-state index contributed by atoms with van der Waals surface area (Å²) in [7, 11) is 1.71. The van der Waals surface area contributed by atoms with Gasteiger partial charge in [0.15, 0.2) is 5.65 Å². The molecular formula is C23H28N4O. The van der Waals surface area contributed by atoms with E-state index >= 15 is 0 Å². The molecule has 0 aliphatic rings. The molecule has 2 heterocycles. The summed E-state index contributed by atoms with van der Waals surface area (Å²) in [5.74, 6) is 0. The van der Waals surface area contributed by atoms with Gasteiger partial charge in [-0.15, -0.1) is 0 Å². The number of hydrogen-bond donors (Lipinski definition) is 1. The summed E-state index contributed by atoms with van der Waals surface area (Å²) in [5.41, 5.74) is 5.48. The Hall–Kier alpha value is -2.76. The van der Waals surface area contributed by atoms with Crippen LogP contribution in [0.2, 0.25) is 0 Å². The van der Waals surface area contributed by atoms with Crippen LogP contribution in [0.5, 0.6) is 0 Å². The molecule has 0 fully saturated rings. The maximum absolute atomic E-state index is 5.05. The molecule has 0 bridgehead atoms. The van der Waals surface area contributed by atoms with Crippen molar-refractivity contribution in [3.63, 3.8) is 0 Å². The molecule has 0 saturated heterocycles. The van der Waals surface area contributed by atoms with Crippen LogP contribution in [0.25, 0.3) is 16.8 Å². The van der Waals surface area contributed by atoms with Crippen molar-refractivity contribution in [3.05, 3.63) is 78.3 Å². The average molecular weight is 377 g/mol. The molecular weight excluding hydrogens is 348 g/mol. The van der Waals surface area contributed by atoms with Gasteiger partial charge in [0, 0.05) is 43.7 Å². The van der Waals surface area contributed by atoms with Crippen molar-refractivity contribution in [2.75, 3.05) is 20.3 Å². The first kappa shape index (κ1) is 20.0. The normalized spacial score (nSPS) is 11.9. The van der Waals surface area contributed by atoms with E-state index < -0.39 is 0 Å². The first-order chi connectivity index (χ1) is 13.8. The molecule has 0 aliphatic heterocycles. The number of methoxy groups -OCH3 is 1. The van der Waals surface area contributed by atoms with Crippen molar-refractivity contribution in [2.45, 2.75) is 26.3 Å². The van der Waals surface area contributed by atoms with E-state index in [1.807, 2.05) is 23.1 Å². The molecule has 0 radical (unpaired) electrons. The Morgan fingerprint density at radius 1 is 1.07 bits per heavy atom. The van der Waals surface area contributed by atoms with Crippen LogP contribution >= 0.6 is 0 Å². The van der Waals surface area contributed by atoms with Gasteiger partial charge in [0.05, 0.1) is 12.8 Å². The number of hydrogen-bond acceptors (Lipinski definition) is 4. The van der Waals surface area contributed by atoms with Crippen LogP contribution in [-0.2, 0) is 17.7 Å². The zero-order valence-electron chi connectivity index (χ0n) is 16.6. The minimum atomic E-state index is 0.723. The van der Waals surface area contributed by atoms with Gasteiger partial charge < -0.3 is 10.1 Å². The van der Waals surface area contributed by atoms with Gasteiger partial charge in [0.25, 0.3) is 0 Å². The summed E-state index contributed by atoms with van der Waals surface area (Å²) >= 11 is 0. The summed E-state index contributed by atoms with van der Waals surface area (Å²) in [6.07, 6.45) is 16.2. The Balaban J connectivity index is 1.67. The number of fused-ring (bicyclic) bond motifs is 1. The van der Waals surface area contributed by atoms with Crippen LogP contribution in [0.1, 0.15) is 24.5 Å². The highest BCUT2D eigenvalue weighted by atomic mass is 16.5. The zero-order valence-corrected chi connectivity index (χ0v) is 16.6. The summed E-state index contributed by atoms with van der Waals surface area (Å²) in [6.45, 7) is 4.54. The van der Waals surface area contributed by atoms with E-state index in [1.54, 1.807) is 7.11 Å². The smallest absolute Gasteiger partial charge is 0.158 e. The number of benzene rings is 1. The van der Waals surface area contributed by atoms with Gasteiger partial charge in [-0.1, -0.05) is 55.5 Å². The zero-order chi connectivity index (χ0) is 19.6. The molecule has 1 aromatic carbocycles. The quantitative estimate of drug-likeness (QED) is 0.426. The fourth-order valence-corrected chi connectivity index (χ4v) is 2.93. The van der Waals surface area contributed by atoms with Crippen LogP contribution < -0.4 is 5.32 Å². The van der Waals surface area contributed by atoms with Crippen LogP contribution in [-0.4, -0.2) is 34.9 Å². The lowest BCUT2D eigenvalue weighted by molar-refractivity contribution is 0.199. The van der Waals surface area contributed by atoms with Gasteiger partial charge in [0.1, 0.15) is 0 Å². The van der Waals surface area contributed by atoms with E-state index in [1.165, 1.54) is 5.56 Å². The van der Waals surface area contributed by atoms with Crippen molar-refractivity contribution in [2.24, 2.45) is 0 Å². The third-order valence-electron chi connectivity index (χ3n) is 4.49. The second-order valence-electron chi connectivity index (χ2n) is 6.62. The topological polar surface area (TPSA) is 51.5 Å². The molecule has 1 N–H and O–H groups in total. The largest absolute Gasteiger partial charge is 0.383 e. The van der Waals surface area contributed by atoms with E-state index in [-0.39, 0.29) is 0 Å². The SMILES string of the molecule is CC/C=C\C=C/Cc1cnn2cc(-c3ccc(CNCCOC)cc3)cnc12. The molecule has 28 heavy (non-hydrogen) atoms. The number of allylic oxidation sites excluding steroid dienone is 4. The number of aromatic nitrogens is 3. The highest BCUT2D eigenvalue weighted by Crippen LogP contribution is 2.20. The molecule has 2 aromatic heterocycles. The van der Waals surface area contributed by atoms with Gasteiger partial charge in [-0.2, -0.15) is 5.10 Å². The molecule has 5 heteroatoms. The van der Waals surface area contributed by atoms with Crippen molar-refractivity contribution in [3.8, 4) is 11.1 Å². The number of nitrogens with zero attached hydrogens (tertiary/aromatic N) is 3.